The van der Waals surface area contributed by atoms with E-state index in [1.54, 1.807) is 7.11 Å². The van der Waals surface area contributed by atoms with Gasteiger partial charge in [-0.1, -0.05) is 30.3 Å². The first kappa shape index (κ1) is 21.6. The minimum absolute atomic E-state index is 0.0965. The number of nitrogens with zero attached hydrogens (tertiary/aromatic N) is 3. The normalized spacial score (nSPS) is 17.5. The van der Waals surface area contributed by atoms with E-state index in [-0.39, 0.29) is 12.5 Å². The second-order valence-corrected chi connectivity index (χ2v) is 8.63. The number of benzene rings is 2. The molecule has 0 atom stereocenters. The summed E-state index contributed by atoms with van der Waals surface area (Å²) in [5.74, 6) is 0.930. The summed E-state index contributed by atoms with van der Waals surface area (Å²) < 4.78 is 5.27. The number of hydrogen-bond donors (Lipinski definition) is 1. The Balaban J connectivity index is 1.52. The number of para-hydroxylation sites is 1. The van der Waals surface area contributed by atoms with Gasteiger partial charge in [0.15, 0.2) is 0 Å². The summed E-state index contributed by atoms with van der Waals surface area (Å²) in [7, 11) is 1.67. The highest BCUT2D eigenvalue weighted by Gasteiger charge is 2.30. The third-order valence-electron chi connectivity index (χ3n) is 6.69. The van der Waals surface area contributed by atoms with Gasteiger partial charge in [-0.15, -0.1) is 0 Å². The molecule has 6 nitrogen and oxygen atoms in total. The van der Waals surface area contributed by atoms with E-state index < -0.39 is 0 Å². The molecule has 0 bridgehead atoms. The van der Waals surface area contributed by atoms with Gasteiger partial charge in [0, 0.05) is 38.1 Å². The lowest BCUT2D eigenvalue weighted by Gasteiger charge is -2.34. The maximum Gasteiger partial charge on any atom is 0.254 e. The van der Waals surface area contributed by atoms with E-state index in [4.69, 9.17) is 9.72 Å². The van der Waals surface area contributed by atoms with Crippen LogP contribution in [0.4, 0.5) is 0 Å². The van der Waals surface area contributed by atoms with Gasteiger partial charge in [-0.25, -0.2) is 4.98 Å². The highest BCUT2D eigenvalue weighted by molar-refractivity contribution is 6.09. The summed E-state index contributed by atoms with van der Waals surface area (Å²) in [6, 6.07) is 16.0. The van der Waals surface area contributed by atoms with Crippen LogP contribution in [0.15, 0.2) is 48.5 Å². The van der Waals surface area contributed by atoms with E-state index in [2.05, 4.69) is 11.0 Å². The minimum atomic E-state index is 0.0965. The van der Waals surface area contributed by atoms with Gasteiger partial charge < -0.3 is 14.7 Å². The van der Waals surface area contributed by atoms with Crippen molar-refractivity contribution in [3.05, 3.63) is 70.9 Å². The van der Waals surface area contributed by atoms with Crippen LogP contribution in [0.2, 0.25) is 0 Å². The fourth-order valence-corrected chi connectivity index (χ4v) is 4.90. The predicted octanol–water partition coefficient (Wildman–Crippen LogP) is 3.48. The number of fused-ring (bicyclic) bond motifs is 2. The lowest BCUT2D eigenvalue weighted by Crippen LogP contribution is -2.49. The highest BCUT2D eigenvalue weighted by Crippen LogP contribution is 2.38. The van der Waals surface area contributed by atoms with E-state index >= 15 is 0 Å². The lowest BCUT2D eigenvalue weighted by molar-refractivity contribution is 0.0616. The molecule has 1 fully saturated rings. The van der Waals surface area contributed by atoms with Crippen LogP contribution in [0.3, 0.4) is 0 Å². The molecule has 1 N–H and O–H groups in total. The smallest absolute Gasteiger partial charge is 0.254 e. The number of β-amino-alcohol motifs (C(OH)–C–C–N with tert-alkyl or cyclic N) is 1. The highest BCUT2D eigenvalue weighted by atomic mass is 16.5. The van der Waals surface area contributed by atoms with Gasteiger partial charge >= 0.3 is 0 Å². The van der Waals surface area contributed by atoms with Crippen molar-refractivity contribution < 1.29 is 14.6 Å². The van der Waals surface area contributed by atoms with Gasteiger partial charge in [0.05, 0.1) is 30.5 Å². The van der Waals surface area contributed by atoms with Gasteiger partial charge in [0.25, 0.3) is 5.91 Å². The number of piperazine rings is 1. The number of methoxy groups -OCH3 is 1. The van der Waals surface area contributed by atoms with E-state index in [0.29, 0.717) is 19.6 Å². The van der Waals surface area contributed by atoms with E-state index in [9.17, 15) is 9.90 Å². The molecule has 2 heterocycles. The molecule has 6 heteroatoms. The Morgan fingerprint density at radius 3 is 2.55 bits per heavy atom. The minimum Gasteiger partial charge on any atom is -0.497 e. The van der Waals surface area contributed by atoms with E-state index in [1.807, 2.05) is 53.4 Å². The van der Waals surface area contributed by atoms with Crippen molar-refractivity contribution >= 4 is 28.5 Å². The quantitative estimate of drug-likeness (QED) is 0.654. The molecule has 0 saturated carbocycles. The molecule has 0 radical (unpaired) electrons. The zero-order valence-electron chi connectivity index (χ0n) is 19.0. The van der Waals surface area contributed by atoms with Gasteiger partial charge in [-0.2, -0.15) is 0 Å². The van der Waals surface area contributed by atoms with Crippen molar-refractivity contribution in [1.29, 1.82) is 0 Å². The second-order valence-electron chi connectivity index (χ2n) is 8.63. The Kier molecular flexibility index (Phi) is 6.11. The van der Waals surface area contributed by atoms with Crippen LogP contribution in [-0.4, -0.2) is 72.2 Å². The Morgan fingerprint density at radius 2 is 1.82 bits per heavy atom. The standard InChI is InChI=1S/C27H29N3O3/c1-33-21-9-6-19(7-10-21)18-20-8-11-23-25(22-4-2-3-5-24(22)28-26(20)23)27(32)30-14-12-29(13-15-30)16-17-31/h2-7,9-10,18,31H,8,11-17H2,1H3/b20-18-. The van der Waals surface area contributed by atoms with Crippen molar-refractivity contribution in [3.63, 3.8) is 0 Å². The SMILES string of the molecule is COc1ccc(/C=C2/CCc3c2nc2ccccc2c3C(=O)N2CCN(CCO)CC2)cc1. The fraction of sp³-hybridized carbons (Fsp3) is 0.333. The Morgan fingerprint density at radius 1 is 1.06 bits per heavy atom. The lowest BCUT2D eigenvalue weighted by atomic mass is 9.99. The molecule has 170 valence electrons. The number of carbonyl (C=O) groups excluding carboxylic acids is 1. The number of hydrogen-bond acceptors (Lipinski definition) is 5. The van der Waals surface area contributed by atoms with E-state index in [0.717, 1.165) is 65.0 Å². The Labute approximate surface area is 194 Å². The molecule has 5 rings (SSSR count). The molecule has 2 aromatic carbocycles. The summed E-state index contributed by atoms with van der Waals surface area (Å²) >= 11 is 0. The summed E-state index contributed by atoms with van der Waals surface area (Å²) in [5.41, 5.74) is 5.96. The van der Waals surface area contributed by atoms with Crippen molar-refractivity contribution in [2.24, 2.45) is 0 Å². The predicted molar refractivity (Wildman–Crippen MR) is 130 cm³/mol. The first-order chi connectivity index (χ1) is 16.2. The van der Waals surface area contributed by atoms with Gasteiger partial charge in [0.1, 0.15) is 5.75 Å². The number of aromatic nitrogens is 1. The van der Waals surface area contributed by atoms with Gasteiger partial charge in [-0.3, -0.25) is 9.69 Å². The zero-order valence-corrected chi connectivity index (χ0v) is 19.0. The van der Waals surface area contributed by atoms with Crippen molar-refractivity contribution in [2.75, 3.05) is 46.4 Å². The number of rotatable bonds is 5. The van der Waals surface area contributed by atoms with Crippen molar-refractivity contribution in [2.45, 2.75) is 12.8 Å². The van der Waals surface area contributed by atoms with Gasteiger partial charge in [0.2, 0.25) is 0 Å². The number of pyridine rings is 1. The molecule has 1 aromatic heterocycles. The van der Waals surface area contributed by atoms with Crippen LogP contribution in [0.5, 0.6) is 5.75 Å². The number of carbonyl (C=O) groups is 1. The zero-order chi connectivity index (χ0) is 22.8. The number of aliphatic hydroxyl groups excluding tert-OH is 1. The maximum atomic E-state index is 13.8. The average molecular weight is 444 g/mol. The molecule has 1 aliphatic heterocycles. The summed E-state index contributed by atoms with van der Waals surface area (Å²) in [4.78, 5) is 22.9. The molecule has 33 heavy (non-hydrogen) atoms. The van der Waals surface area contributed by atoms with Crippen LogP contribution >= 0.6 is 0 Å². The average Bonchev–Trinajstić information content (AvgIpc) is 3.25. The summed E-state index contributed by atoms with van der Waals surface area (Å²) in [5, 5.41) is 10.1. The Bertz CT molecular complexity index is 1200. The monoisotopic (exact) mass is 443 g/mol. The molecular weight excluding hydrogens is 414 g/mol. The molecule has 2 aliphatic rings. The first-order valence-corrected chi connectivity index (χ1v) is 11.6. The first-order valence-electron chi connectivity index (χ1n) is 11.6. The van der Waals surface area contributed by atoms with Gasteiger partial charge in [-0.05, 0) is 53.8 Å². The second kappa shape index (κ2) is 9.33. The Hall–Kier alpha value is -3.22. The molecule has 1 aliphatic carbocycles. The summed E-state index contributed by atoms with van der Waals surface area (Å²) in [6.45, 7) is 3.76. The molecular formula is C27H29N3O3. The van der Waals surface area contributed by atoms with Crippen LogP contribution in [0.1, 0.15) is 33.6 Å². The van der Waals surface area contributed by atoms with Crippen LogP contribution in [0.25, 0.3) is 22.6 Å². The van der Waals surface area contributed by atoms with Crippen molar-refractivity contribution in [1.82, 2.24) is 14.8 Å². The number of ether oxygens (including phenoxy) is 1. The summed E-state index contributed by atoms with van der Waals surface area (Å²) in [6.07, 6.45) is 3.87. The van der Waals surface area contributed by atoms with E-state index in [1.165, 1.54) is 5.57 Å². The topological polar surface area (TPSA) is 65.9 Å². The molecule has 1 amide bonds. The number of allylic oxidation sites excluding steroid dienone is 1. The third-order valence-corrected chi connectivity index (χ3v) is 6.69. The molecule has 3 aromatic rings. The van der Waals surface area contributed by atoms with Crippen LogP contribution < -0.4 is 4.74 Å². The fourth-order valence-electron chi connectivity index (χ4n) is 4.90. The largest absolute Gasteiger partial charge is 0.497 e. The van der Waals surface area contributed by atoms with Crippen molar-refractivity contribution in [3.8, 4) is 5.75 Å². The maximum absolute atomic E-state index is 13.8. The number of aliphatic hydroxyl groups is 1. The molecule has 0 spiro atoms. The molecule has 0 unspecified atom stereocenters. The molecule has 1 saturated heterocycles. The van der Waals surface area contributed by atoms with Crippen LogP contribution in [0, 0.1) is 0 Å². The third kappa shape index (κ3) is 4.24. The number of amides is 1. The van der Waals surface area contributed by atoms with Crippen LogP contribution in [-0.2, 0) is 6.42 Å².